The molecule has 2 N–H and O–H groups in total. The quantitative estimate of drug-likeness (QED) is 0.637. The monoisotopic (exact) mass is 293 g/mol. The molecule has 2 atom stereocenters. The fraction of sp³-hybridized carbons (Fsp3) is 0.900. The Bertz CT molecular complexity index is 408. The Morgan fingerprint density at radius 2 is 1.57 bits per heavy atom. The first-order valence-corrected chi connectivity index (χ1v) is 8.63. The first kappa shape index (κ1) is 18.7. The van der Waals surface area contributed by atoms with Crippen molar-refractivity contribution in [1.82, 2.24) is 0 Å². The summed E-state index contributed by atoms with van der Waals surface area (Å²) in [6, 6.07) is 0.268. The van der Waals surface area contributed by atoms with Gasteiger partial charge in [-0.15, -0.1) is 0 Å². The summed E-state index contributed by atoms with van der Waals surface area (Å²) < 4.78 is 0. The molecule has 21 heavy (non-hydrogen) atoms. The maximum atomic E-state index is 6.05. The van der Waals surface area contributed by atoms with Crippen molar-refractivity contribution >= 4 is 0 Å². The van der Waals surface area contributed by atoms with Gasteiger partial charge >= 0.3 is 0 Å². The minimum absolute atomic E-state index is 0.255. The van der Waals surface area contributed by atoms with E-state index >= 15 is 0 Å². The maximum Gasteiger partial charge on any atom is 0.00157 e. The third kappa shape index (κ3) is 3.09. The summed E-state index contributed by atoms with van der Waals surface area (Å²) in [5.74, 6) is 0.694. The van der Waals surface area contributed by atoms with Gasteiger partial charge in [0.05, 0.1) is 0 Å². The predicted octanol–water partition coefficient (Wildman–Crippen LogP) is 5.79. The van der Waals surface area contributed by atoms with Gasteiger partial charge in [-0.1, -0.05) is 74.0 Å². The van der Waals surface area contributed by atoms with Crippen LogP contribution in [0.15, 0.2) is 11.6 Å². The van der Waals surface area contributed by atoms with Crippen LogP contribution >= 0.6 is 0 Å². The molecule has 1 heteroatoms. The lowest BCUT2D eigenvalue weighted by molar-refractivity contribution is -0.00391. The van der Waals surface area contributed by atoms with Crippen LogP contribution in [0, 0.1) is 27.6 Å². The van der Waals surface area contributed by atoms with Gasteiger partial charge in [0, 0.05) is 6.04 Å². The standard InChI is InChI=1S/C20H39N/c1-14(21)13-18(5,6)17(3,4)12-11-16-15(2)19(7,8)20(16,9)10/h11,14-15H,12-13,21H2,1-10H3. The van der Waals surface area contributed by atoms with Crippen molar-refractivity contribution in [1.29, 1.82) is 0 Å². The molecule has 1 aliphatic rings. The summed E-state index contributed by atoms with van der Waals surface area (Å²) in [5.41, 5.74) is 8.96. The van der Waals surface area contributed by atoms with Crippen LogP contribution in [0.4, 0.5) is 0 Å². The lowest BCUT2D eigenvalue weighted by Crippen LogP contribution is -2.52. The Hall–Kier alpha value is -0.300. The summed E-state index contributed by atoms with van der Waals surface area (Å²) >= 11 is 0. The molecular weight excluding hydrogens is 254 g/mol. The summed E-state index contributed by atoms with van der Waals surface area (Å²) in [6.07, 6.45) is 4.76. The van der Waals surface area contributed by atoms with Crippen LogP contribution in [0.2, 0.25) is 0 Å². The van der Waals surface area contributed by atoms with Crippen molar-refractivity contribution in [3.05, 3.63) is 11.6 Å². The lowest BCUT2D eigenvalue weighted by Gasteiger charge is -2.61. The van der Waals surface area contributed by atoms with E-state index < -0.39 is 0 Å². The molecule has 2 unspecified atom stereocenters. The van der Waals surface area contributed by atoms with Crippen LogP contribution in [0.25, 0.3) is 0 Å². The largest absolute Gasteiger partial charge is 0.328 e. The van der Waals surface area contributed by atoms with Gasteiger partial charge in [-0.05, 0) is 47.3 Å². The van der Waals surface area contributed by atoms with E-state index in [9.17, 15) is 0 Å². The molecule has 0 aromatic rings. The van der Waals surface area contributed by atoms with Crippen LogP contribution < -0.4 is 5.73 Å². The molecule has 0 aromatic heterocycles. The second-order valence-corrected chi connectivity index (χ2v) is 9.88. The SMILES string of the molecule is CC(N)CC(C)(C)C(C)(C)CC=C1C(C)C(C)(C)C1(C)C. The highest BCUT2D eigenvalue weighted by Gasteiger charge is 2.55. The second kappa shape index (κ2) is 5.41. The molecule has 0 bridgehead atoms. The van der Waals surface area contributed by atoms with Gasteiger partial charge in [-0.3, -0.25) is 0 Å². The zero-order valence-electron chi connectivity index (χ0n) is 16.2. The van der Waals surface area contributed by atoms with Gasteiger partial charge in [0.25, 0.3) is 0 Å². The van der Waals surface area contributed by atoms with E-state index in [2.05, 4.69) is 75.3 Å². The van der Waals surface area contributed by atoms with Crippen molar-refractivity contribution in [2.75, 3.05) is 0 Å². The van der Waals surface area contributed by atoms with E-state index in [0.717, 1.165) is 12.8 Å². The molecule has 0 aliphatic heterocycles. The van der Waals surface area contributed by atoms with E-state index in [4.69, 9.17) is 5.73 Å². The summed E-state index contributed by atoms with van der Waals surface area (Å²) in [6.45, 7) is 23.6. The molecule has 0 spiro atoms. The Morgan fingerprint density at radius 3 is 1.95 bits per heavy atom. The molecule has 0 radical (unpaired) electrons. The highest BCUT2D eigenvalue weighted by molar-refractivity contribution is 5.32. The average Bonchev–Trinajstić information content (AvgIpc) is 2.25. The predicted molar refractivity (Wildman–Crippen MR) is 95.3 cm³/mol. The van der Waals surface area contributed by atoms with Crippen molar-refractivity contribution in [3.63, 3.8) is 0 Å². The fourth-order valence-corrected chi connectivity index (χ4v) is 3.92. The first-order valence-electron chi connectivity index (χ1n) is 8.63. The molecule has 124 valence electrons. The number of hydrogen-bond acceptors (Lipinski definition) is 1. The number of nitrogens with two attached hydrogens (primary N) is 1. The molecule has 1 nitrogen and oxygen atoms in total. The van der Waals surface area contributed by atoms with Gasteiger partial charge in [0.15, 0.2) is 0 Å². The lowest BCUT2D eigenvalue weighted by atomic mass is 9.44. The zero-order valence-corrected chi connectivity index (χ0v) is 16.2. The molecule has 0 saturated heterocycles. The number of allylic oxidation sites excluding steroid dienone is 2. The Labute approximate surface area is 133 Å². The molecule has 0 heterocycles. The summed E-state index contributed by atoms with van der Waals surface area (Å²) in [7, 11) is 0. The Balaban J connectivity index is 2.90. The minimum atomic E-state index is 0.255. The van der Waals surface area contributed by atoms with Crippen LogP contribution in [0.1, 0.15) is 82.1 Å². The van der Waals surface area contributed by atoms with E-state index in [1.807, 2.05) is 0 Å². The molecule has 0 amide bonds. The van der Waals surface area contributed by atoms with Crippen LogP contribution in [-0.4, -0.2) is 6.04 Å². The van der Waals surface area contributed by atoms with Crippen molar-refractivity contribution in [2.45, 2.75) is 88.1 Å². The topological polar surface area (TPSA) is 26.0 Å². The third-order valence-corrected chi connectivity index (χ3v) is 7.38. The zero-order chi connectivity index (χ0) is 16.9. The third-order valence-electron chi connectivity index (χ3n) is 7.38. The Kier molecular flexibility index (Phi) is 4.83. The van der Waals surface area contributed by atoms with Crippen molar-refractivity contribution in [3.8, 4) is 0 Å². The number of rotatable bonds is 5. The van der Waals surface area contributed by atoms with E-state index in [1.54, 1.807) is 5.57 Å². The fourth-order valence-electron chi connectivity index (χ4n) is 3.92. The highest BCUT2D eigenvalue weighted by atomic mass is 14.6. The highest BCUT2D eigenvalue weighted by Crippen LogP contribution is 2.64. The van der Waals surface area contributed by atoms with Gasteiger partial charge in [-0.25, -0.2) is 0 Å². The van der Waals surface area contributed by atoms with Gasteiger partial charge < -0.3 is 5.73 Å². The molecule has 1 saturated carbocycles. The molecule has 1 rings (SSSR count). The molecule has 1 aliphatic carbocycles. The van der Waals surface area contributed by atoms with E-state index in [0.29, 0.717) is 16.7 Å². The van der Waals surface area contributed by atoms with Crippen LogP contribution in [-0.2, 0) is 0 Å². The van der Waals surface area contributed by atoms with E-state index in [-0.39, 0.29) is 16.9 Å². The van der Waals surface area contributed by atoms with Crippen molar-refractivity contribution in [2.24, 2.45) is 33.3 Å². The molecule has 0 aromatic carbocycles. The molecular formula is C20H39N. The smallest absolute Gasteiger partial charge is 0.00157 e. The summed E-state index contributed by atoms with van der Waals surface area (Å²) in [5, 5.41) is 0. The van der Waals surface area contributed by atoms with Crippen molar-refractivity contribution < 1.29 is 0 Å². The van der Waals surface area contributed by atoms with Gasteiger partial charge in [0.2, 0.25) is 0 Å². The van der Waals surface area contributed by atoms with Crippen LogP contribution in [0.5, 0.6) is 0 Å². The van der Waals surface area contributed by atoms with Gasteiger partial charge in [-0.2, -0.15) is 0 Å². The molecule has 1 fully saturated rings. The Morgan fingerprint density at radius 1 is 1.10 bits per heavy atom. The normalized spacial score (nSPS) is 28.3. The van der Waals surface area contributed by atoms with E-state index in [1.165, 1.54) is 0 Å². The van der Waals surface area contributed by atoms with Gasteiger partial charge in [0.1, 0.15) is 0 Å². The summed E-state index contributed by atoms with van der Waals surface area (Å²) in [4.78, 5) is 0. The average molecular weight is 294 g/mol. The second-order valence-electron chi connectivity index (χ2n) is 9.88. The minimum Gasteiger partial charge on any atom is -0.328 e. The van der Waals surface area contributed by atoms with Crippen LogP contribution in [0.3, 0.4) is 0 Å². The first-order chi connectivity index (χ1) is 9.17. The maximum absolute atomic E-state index is 6.05. The number of hydrogen-bond donors (Lipinski definition) is 1.